The number of rotatable bonds is 4. The summed E-state index contributed by atoms with van der Waals surface area (Å²) in [6, 6.07) is 2.44. The minimum atomic E-state index is 0.423. The number of nitrogens with zero attached hydrogens (tertiary/aromatic N) is 3. The van der Waals surface area contributed by atoms with Gasteiger partial charge in [-0.25, -0.2) is 9.97 Å². The highest BCUT2D eigenvalue weighted by atomic mass is 15.2. The molecule has 1 saturated heterocycles. The van der Waals surface area contributed by atoms with E-state index in [0.717, 1.165) is 36.5 Å². The van der Waals surface area contributed by atoms with Gasteiger partial charge in [-0.3, -0.25) is 4.90 Å². The maximum Gasteiger partial charge on any atom is 0.142 e. The summed E-state index contributed by atoms with van der Waals surface area (Å²) in [5.41, 5.74) is 0.884. The predicted molar refractivity (Wildman–Crippen MR) is 81.7 cm³/mol. The molecule has 20 heavy (non-hydrogen) atoms. The van der Waals surface area contributed by atoms with Gasteiger partial charge >= 0.3 is 0 Å². The van der Waals surface area contributed by atoms with Crippen LogP contribution in [0.2, 0.25) is 0 Å². The minimum Gasteiger partial charge on any atom is -0.365 e. The zero-order valence-corrected chi connectivity index (χ0v) is 11.8. The molecular weight excluding hydrogens is 250 g/mol. The fourth-order valence-electron chi connectivity index (χ4n) is 3.08. The largest absolute Gasteiger partial charge is 0.365 e. The Morgan fingerprint density at radius 2 is 2.40 bits per heavy atom. The van der Waals surface area contributed by atoms with Crippen molar-refractivity contribution in [2.45, 2.75) is 19.4 Å². The summed E-state index contributed by atoms with van der Waals surface area (Å²) >= 11 is 0. The number of anilines is 1. The van der Waals surface area contributed by atoms with Gasteiger partial charge in [-0.15, -0.1) is 6.58 Å². The lowest BCUT2D eigenvalue weighted by Gasteiger charge is -2.36. The molecule has 0 spiro atoms. The summed E-state index contributed by atoms with van der Waals surface area (Å²) in [5.74, 6) is 1.61. The maximum atomic E-state index is 4.39. The van der Waals surface area contributed by atoms with Crippen molar-refractivity contribution < 1.29 is 0 Å². The van der Waals surface area contributed by atoms with Crippen LogP contribution in [0.1, 0.15) is 13.3 Å². The zero-order valence-electron chi connectivity index (χ0n) is 11.8. The lowest BCUT2D eigenvalue weighted by Crippen LogP contribution is -2.45. The average Bonchev–Trinajstić information content (AvgIpc) is 2.88. The number of fused-ring (bicyclic) bond motifs is 1. The molecule has 2 N–H and O–H groups in total. The maximum absolute atomic E-state index is 4.39. The van der Waals surface area contributed by atoms with E-state index in [1.54, 1.807) is 6.33 Å². The molecule has 0 radical (unpaired) electrons. The first-order chi connectivity index (χ1) is 9.76. The number of H-pyrrole nitrogens is 1. The average molecular weight is 271 g/mol. The van der Waals surface area contributed by atoms with Crippen LogP contribution < -0.4 is 5.32 Å². The first-order valence-electron chi connectivity index (χ1n) is 7.14. The molecule has 3 rings (SSSR count). The fraction of sp³-hybridized carbons (Fsp3) is 0.467. The molecule has 3 heterocycles. The molecular formula is C15H21N5. The molecule has 0 aromatic carbocycles. The zero-order chi connectivity index (χ0) is 13.9. The molecule has 5 heteroatoms. The van der Waals surface area contributed by atoms with Gasteiger partial charge in [0.05, 0.1) is 5.39 Å². The van der Waals surface area contributed by atoms with Crippen molar-refractivity contribution in [3.05, 3.63) is 31.2 Å². The quantitative estimate of drug-likeness (QED) is 0.838. The highest BCUT2D eigenvalue weighted by molar-refractivity contribution is 5.86. The number of piperidine rings is 1. The molecule has 0 bridgehead atoms. The topological polar surface area (TPSA) is 56.8 Å². The van der Waals surface area contributed by atoms with Gasteiger partial charge in [-0.2, -0.15) is 0 Å². The van der Waals surface area contributed by atoms with E-state index < -0.39 is 0 Å². The molecule has 0 amide bonds. The molecule has 0 saturated carbocycles. The van der Waals surface area contributed by atoms with Crippen LogP contribution in [0.25, 0.3) is 11.0 Å². The van der Waals surface area contributed by atoms with Crippen molar-refractivity contribution in [1.82, 2.24) is 19.9 Å². The summed E-state index contributed by atoms with van der Waals surface area (Å²) in [7, 11) is 0. The van der Waals surface area contributed by atoms with E-state index in [-0.39, 0.29) is 0 Å². The van der Waals surface area contributed by atoms with Gasteiger partial charge in [-0.1, -0.05) is 13.0 Å². The van der Waals surface area contributed by atoms with Crippen LogP contribution >= 0.6 is 0 Å². The van der Waals surface area contributed by atoms with E-state index in [1.165, 1.54) is 6.42 Å². The van der Waals surface area contributed by atoms with Gasteiger partial charge in [0, 0.05) is 31.9 Å². The summed E-state index contributed by atoms with van der Waals surface area (Å²) in [4.78, 5) is 14.2. The van der Waals surface area contributed by atoms with Gasteiger partial charge in [0.15, 0.2) is 0 Å². The Kier molecular flexibility index (Phi) is 3.69. The summed E-state index contributed by atoms with van der Waals surface area (Å²) in [6.45, 7) is 9.27. The lowest BCUT2D eigenvalue weighted by atomic mass is 9.96. The van der Waals surface area contributed by atoms with E-state index >= 15 is 0 Å². The van der Waals surface area contributed by atoms with Crippen LogP contribution in [0.3, 0.4) is 0 Å². The van der Waals surface area contributed by atoms with Crippen molar-refractivity contribution in [3.63, 3.8) is 0 Å². The molecule has 106 valence electrons. The number of aromatic nitrogens is 3. The number of likely N-dealkylation sites (tertiary alicyclic amines) is 1. The molecule has 2 aromatic heterocycles. The molecule has 2 aromatic rings. The first-order valence-corrected chi connectivity index (χ1v) is 7.14. The highest BCUT2D eigenvalue weighted by Crippen LogP contribution is 2.23. The SMILES string of the molecule is C=CCN1C[C@@H](C)C[C@H](Nc2ncnc3[nH]ccc23)C1. The van der Waals surface area contributed by atoms with Crippen LogP contribution in [-0.4, -0.2) is 45.5 Å². The monoisotopic (exact) mass is 271 g/mol. The molecule has 1 aliphatic heterocycles. The van der Waals surface area contributed by atoms with E-state index in [4.69, 9.17) is 0 Å². The van der Waals surface area contributed by atoms with Gasteiger partial charge in [-0.05, 0) is 18.4 Å². The Hall–Kier alpha value is -1.88. The minimum absolute atomic E-state index is 0.423. The van der Waals surface area contributed by atoms with E-state index in [9.17, 15) is 0 Å². The molecule has 0 aliphatic carbocycles. The number of hydrogen-bond acceptors (Lipinski definition) is 4. The summed E-state index contributed by atoms with van der Waals surface area (Å²) < 4.78 is 0. The molecule has 1 fully saturated rings. The third-order valence-corrected chi connectivity index (χ3v) is 3.82. The van der Waals surface area contributed by atoms with Crippen LogP contribution in [-0.2, 0) is 0 Å². The molecule has 1 aliphatic rings. The standard InChI is InChI=1S/C15H21N5/c1-3-6-20-8-11(2)7-12(9-20)19-15-13-4-5-16-14(13)17-10-18-15/h3-5,10-12H,1,6-9H2,2H3,(H2,16,17,18,19)/t11-,12-/m0/s1. The third-order valence-electron chi connectivity index (χ3n) is 3.82. The number of hydrogen-bond donors (Lipinski definition) is 2. The second kappa shape index (κ2) is 5.63. The van der Waals surface area contributed by atoms with E-state index in [2.05, 4.69) is 38.7 Å². The second-order valence-corrected chi connectivity index (χ2v) is 5.65. The van der Waals surface area contributed by atoms with E-state index in [0.29, 0.717) is 12.0 Å². The smallest absolute Gasteiger partial charge is 0.142 e. The number of aromatic amines is 1. The Labute approximate surface area is 119 Å². The van der Waals surface area contributed by atoms with Crippen molar-refractivity contribution >= 4 is 16.9 Å². The Bertz CT molecular complexity index is 591. The third kappa shape index (κ3) is 2.67. The van der Waals surface area contributed by atoms with E-state index in [1.807, 2.05) is 18.3 Å². The first kappa shape index (κ1) is 13.1. The highest BCUT2D eigenvalue weighted by Gasteiger charge is 2.24. The van der Waals surface area contributed by atoms with Crippen molar-refractivity contribution in [1.29, 1.82) is 0 Å². The lowest BCUT2D eigenvalue weighted by molar-refractivity contribution is 0.188. The van der Waals surface area contributed by atoms with Gasteiger partial charge < -0.3 is 10.3 Å². The predicted octanol–water partition coefficient (Wildman–Crippen LogP) is 2.27. The molecule has 2 atom stereocenters. The van der Waals surface area contributed by atoms with Gasteiger partial charge in [0.25, 0.3) is 0 Å². The van der Waals surface area contributed by atoms with Crippen LogP contribution in [0.15, 0.2) is 31.2 Å². The normalized spacial score (nSPS) is 23.9. The van der Waals surface area contributed by atoms with Crippen molar-refractivity contribution in [2.24, 2.45) is 5.92 Å². The molecule has 5 nitrogen and oxygen atoms in total. The summed E-state index contributed by atoms with van der Waals surface area (Å²) in [5, 5.41) is 4.64. The van der Waals surface area contributed by atoms with Crippen LogP contribution in [0, 0.1) is 5.92 Å². The van der Waals surface area contributed by atoms with Crippen molar-refractivity contribution in [2.75, 3.05) is 25.0 Å². The Morgan fingerprint density at radius 3 is 3.25 bits per heavy atom. The number of nitrogens with one attached hydrogen (secondary N) is 2. The van der Waals surface area contributed by atoms with Crippen molar-refractivity contribution in [3.8, 4) is 0 Å². The van der Waals surface area contributed by atoms with Crippen LogP contribution in [0.4, 0.5) is 5.82 Å². The van der Waals surface area contributed by atoms with Gasteiger partial charge in [0.1, 0.15) is 17.8 Å². The molecule has 0 unspecified atom stereocenters. The Balaban J connectivity index is 1.76. The van der Waals surface area contributed by atoms with Gasteiger partial charge in [0.2, 0.25) is 0 Å². The Morgan fingerprint density at radius 1 is 1.50 bits per heavy atom. The van der Waals surface area contributed by atoms with Crippen LogP contribution in [0.5, 0.6) is 0 Å². The second-order valence-electron chi connectivity index (χ2n) is 5.65. The summed E-state index contributed by atoms with van der Waals surface area (Å²) in [6.07, 6.45) is 6.65. The fourth-order valence-corrected chi connectivity index (χ4v) is 3.08.